The van der Waals surface area contributed by atoms with Crippen LogP contribution in [0.2, 0.25) is 0 Å². The molecular weight excluding hydrogens is 152 g/mol. The summed E-state index contributed by atoms with van der Waals surface area (Å²) in [5, 5.41) is 12.7. The highest BCUT2D eigenvalue weighted by molar-refractivity contribution is 4.81. The van der Waals surface area contributed by atoms with E-state index in [2.05, 4.69) is 24.3 Å². The Labute approximate surface area is 74.8 Å². The highest BCUT2D eigenvalue weighted by atomic mass is 16.3. The monoisotopic (exact) mass is 172 g/mol. The van der Waals surface area contributed by atoms with Crippen molar-refractivity contribution in [2.75, 3.05) is 33.7 Å². The summed E-state index contributed by atoms with van der Waals surface area (Å²) in [4.78, 5) is 2.14. The number of likely N-dealkylation sites (N-methyl/N-ethyl adjacent to an activating group) is 1. The normalized spacial score (nSPS) is 20.0. The number of aliphatic hydroxyl groups excluding tert-OH is 1. The van der Waals surface area contributed by atoms with E-state index in [1.54, 1.807) is 0 Å². The summed E-state index contributed by atoms with van der Waals surface area (Å²) in [6, 6.07) is 0. The Balaban J connectivity index is 1.87. The number of nitrogens with one attached hydrogen (secondary N) is 1. The Bertz CT molecular complexity index is 124. The van der Waals surface area contributed by atoms with Crippen molar-refractivity contribution in [1.82, 2.24) is 10.2 Å². The first kappa shape index (κ1) is 9.96. The van der Waals surface area contributed by atoms with Gasteiger partial charge in [0.2, 0.25) is 0 Å². The van der Waals surface area contributed by atoms with Crippen molar-refractivity contribution in [3.63, 3.8) is 0 Å². The maximum atomic E-state index is 9.48. The summed E-state index contributed by atoms with van der Waals surface area (Å²) in [5.41, 5.74) is 0. The molecule has 12 heavy (non-hydrogen) atoms. The lowest BCUT2D eigenvalue weighted by Crippen LogP contribution is -2.33. The van der Waals surface area contributed by atoms with E-state index in [-0.39, 0.29) is 6.10 Å². The molecule has 0 amide bonds. The number of nitrogens with zero attached hydrogens (tertiary/aromatic N) is 1. The van der Waals surface area contributed by atoms with Crippen LogP contribution in [0.5, 0.6) is 0 Å². The minimum Gasteiger partial charge on any atom is -0.392 e. The van der Waals surface area contributed by atoms with Gasteiger partial charge >= 0.3 is 0 Å². The van der Waals surface area contributed by atoms with Crippen LogP contribution in [0.4, 0.5) is 0 Å². The molecule has 72 valence electrons. The van der Waals surface area contributed by atoms with Crippen LogP contribution >= 0.6 is 0 Å². The van der Waals surface area contributed by atoms with Gasteiger partial charge in [0, 0.05) is 19.6 Å². The Kier molecular flexibility index (Phi) is 3.98. The summed E-state index contributed by atoms with van der Waals surface area (Å²) in [6.07, 6.45) is 2.33. The first-order valence-corrected chi connectivity index (χ1v) is 4.73. The second-order valence-corrected chi connectivity index (χ2v) is 3.91. The maximum Gasteiger partial charge on any atom is 0.0692 e. The van der Waals surface area contributed by atoms with Crippen molar-refractivity contribution in [3.8, 4) is 0 Å². The molecule has 1 fully saturated rings. The number of rotatable bonds is 6. The molecule has 0 spiro atoms. The molecule has 3 heteroatoms. The van der Waals surface area contributed by atoms with Gasteiger partial charge in [0.05, 0.1) is 6.10 Å². The molecule has 0 saturated heterocycles. The molecule has 0 aromatic rings. The Morgan fingerprint density at radius 2 is 2.17 bits per heavy atom. The van der Waals surface area contributed by atoms with Crippen LogP contribution in [0.25, 0.3) is 0 Å². The molecule has 1 aliphatic carbocycles. The van der Waals surface area contributed by atoms with Crippen LogP contribution in [0.3, 0.4) is 0 Å². The lowest BCUT2D eigenvalue weighted by Gasteiger charge is -2.13. The first-order valence-electron chi connectivity index (χ1n) is 4.73. The zero-order valence-corrected chi connectivity index (χ0v) is 8.08. The minimum atomic E-state index is -0.104. The molecule has 2 N–H and O–H groups in total. The predicted octanol–water partition coefficient (Wildman–Crippen LogP) is -0.0915. The SMILES string of the molecule is CN(C)CCNCC(O)C1CC1. The van der Waals surface area contributed by atoms with E-state index in [1.165, 1.54) is 12.8 Å². The second-order valence-electron chi connectivity index (χ2n) is 3.91. The van der Waals surface area contributed by atoms with Crippen molar-refractivity contribution in [2.24, 2.45) is 5.92 Å². The van der Waals surface area contributed by atoms with E-state index < -0.39 is 0 Å². The van der Waals surface area contributed by atoms with E-state index in [1.807, 2.05) is 0 Å². The molecule has 0 heterocycles. The van der Waals surface area contributed by atoms with E-state index in [4.69, 9.17) is 0 Å². The van der Waals surface area contributed by atoms with Gasteiger partial charge in [0.1, 0.15) is 0 Å². The van der Waals surface area contributed by atoms with Gasteiger partial charge in [-0.05, 0) is 32.9 Å². The lowest BCUT2D eigenvalue weighted by atomic mass is 10.2. The summed E-state index contributed by atoms with van der Waals surface area (Å²) in [5.74, 6) is 0.594. The van der Waals surface area contributed by atoms with Gasteiger partial charge in [-0.15, -0.1) is 0 Å². The number of hydrogen-bond acceptors (Lipinski definition) is 3. The second kappa shape index (κ2) is 4.80. The van der Waals surface area contributed by atoms with Crippen LogP contribution in [-0.2, 0) is 0 Å². The Morgan fingerprint density at radius 1 is 1.50 bits per heavy atom. The number of aliphatic hydroxyl groups is 1. The molecule has 3 nitrogen and oxygen atoms in total. The van der Waals surface area contributed by atoms with Crippen molar-refractivity contribution in [2.45, 2.75) is 18.9 Å². The summed E-state index contributed by atoms with van der Waals surface area (Å²) < 4.78 is 0. The third kappa shape index (κ3) is 4.04. The topological polar surface area (TPSA) is 35.5 Å². The molecule has 1 atom stereocenters. The zero-order valence-electron chi connectivity index (χ0n) is 8.08. The summed E-state index contributed by atoms with van der Waals surface area (Å²) >= 11 is 0. The predicted molar refractivity (Wildman–Crippen MR) is 50.2 cm³/mol. The van der Waals surface area contributed by atoms with Crippen LogP contribution in [0, 0.1) is 5.92 Å². The van der Waals surface area contributed by atoms with Crippen molar-refractivity contribution < 1.29 is 5.11 Å². The maximum absolute atomic E-state index is 9.48. The van der Waals surface area contributed by atoms with Crippen molar-refractivity contribution >= 4 is 0 Å². The van der Waals surface area contributed by atoms with E-state index >= 15 is 0 Å². The van der Waals surface area contributed by atoms with E-state index in [0.717, 1.165) is 19.6 Å². The molecule has 0 bridgehead atoms. The van der Waals surface area contributed by atoms with Gasteiger partial charge in [0.25, 0.3) is 0 Å². The van der Waals surface area contributed by atoms with Gasteiger partial charge in [-0.2, -0.15) is 0 Å². The van der Waals surface area contributed by atoms with Gasteiger partial charge in [-0.1, -0.05) is 0 Å². The molecule has 0 radical (unpaired) electrons. The molecule has 0 aromatic heterocycles. The third-order valence-electron chi connectivity index (χ3n) is 2.26. The van der Waals surface area contributed by atoms with Gasteiger partial charge in [0.15, 0.2) is 0 Å². The Hall–Kier alpha value is -0.120. The smallest absolute Gasteiger partial charge is 0.0692 e. The quantitative estimate of drug-likeness (QED) is 0.550. The largest absolute Gasteiger partial charge is 0.392 e. The fourth-order valence-corrected chi connectivity index (χ4v) is 1.20. The molecule has 1 saturated carbocycles. The molecule has 0 aromatic carbocycles. The van der Waals surface area contributed by atoms with Crippen molar-refractivity contribution in [1.29, 1.82) is 0 Å². The highest BCUT2D eigenvalue weighted by Crippen LogP contribution is 2.32. The minimum absolute atomic E-state index is 0.104. The van der Waals surface area contributed by atoms with E-state index in [0.29, 0.717) is 5.92 Å². The lowest BCUT2D eigenvalue weighted by molar-refractivity contribution is 0.148. The first-order chi connectivity index (χ1) is 5.70. The average Bonchev–Trinajstić information content (AvgIpc) is 2.79. The molecule has 1 rings (SSSR count). The third-order valence-corrected chi connectivity index (χ3v) is 2.26. The Morgan fingerprint density at radius 3 is 2.67 bits per heavy atom. The van der Waals surface area contributed by atoms with Crippen LogP contribution in [-0.4, -0.2) is 49.8 Å². The average molecular weight is 172 g/mol. The summed E-state index contributed by atoms with van der Waals surface area (Å²) in [7, 11) is 4.11. The fourth-order valence-electron chi connectivity index (χ4n) is 1.20. The highest BCUT2D eigenvalue weighted by Gasteiger charge is 2.28. The van der Waals surface area contributed by atoms with Crippen molar-refractivity contribution in [3.05, 3.63) is 0 Å². The molecule has 0 aliphatic heterocycles. The molecular formula is C9H20N2O. The van der Waals surface area contributed by atoms with Gasteiger partial charge < -0.3 is 15.3 Å². The van der Waals surface area contributed by atoms with Crippen LogP contribution in [0.1, 0.15) is 12.8 Å². The molecule has 1 unspecified atom stereocenters. The van der Waals surface area contributed by atoms with Crippen LogP contribution in [0.15, 0.2) is 0 Å². The zero-order chi connectivity index (χ0) is 8.97. The van der Waals surface area contributed by atoms with E-state index in [9.17, 15) is 5.11 Å². The summed E-state index contributed by atoms with van der Waals surface area (Å²) in [6.45, 7) is 2.77. The molecule has 1 aliphatic rings. The van der Waals surface area contributed by atoms with Gasteiger partial charge in [-0.3, -0.25) is 0 Å². The fraction of sp³-hybridized carbons (Fsp3) is 1.00. The number of hydrogen-bond donors (Lipinski definition) is 2. The standard InChI is InChI=1S/C9H20N2O/c1-11(2)6-5-10-7-9(12)8-3-4-8/h8-10,12H,3-7H2,1-2H3. The van der Waals surface area contributed by atoms with Crippen LogP contribution < -0.4 is 5.32 Å². The van der Waals surface area contributed by atoms with Gasteiger partial charge in [-0.25, -0.2) is 0 Å².